The predicted molar refractivity (Wildman–Crippen MR) is 110 cm³/mol. The summed E-state index contributed by atoms with van der Waals surface area (Å²) in [4.78, 5) is 32.3. The first-order valence-corrected chi connectivity index (χ1v) is 9.72. The minimum Gasteiger partial charge on any atom is -0.341 e. The van der Waals surface area contributed by atoms with E-state index in [0.29, 0.717) is 28.7 Å². The highest BCUT2D eigenvalue weighted by Crippen LogP contribution is 2.24. The van der Waals surface area contributed by atoms with Gasteiger partial charge < -0.3 is 10.2 Å². The van der Waals surface area contributed by atoms with Crippen molar-refractivity contribution in [2.24, 2.45) is 14.1 Å². The fraction of sp³-hybridized carbons (Fsp3) is 0.421. The molecule has 3 heterocycles. The number of nitrogens with zero attached hydrogens (tertiary/aromatic N) is 5. The zero-order valence-corrected chi connectivity index (χ0v) is 16.7. The summed E-state index contributed by atoms with van der Waals surface area (Å²) in [5.41, 5.74) is 0.971. The maximum Gasteiger partial charge on any atom is 0.332 e. The Morgan fingerprint density at radius 2 is 1.89 bits per heavy atom. The van der Waals surface area contributed by atoms with Gasteiger partial charge in [-0.05, 0) is 24.6 Å². The van der Waals surface area contributed by atoms with Crippen LogP contribution in [0.5, 0.6) is 0 Å². The number of fused-ring (bicyclic) bond motifs is 1. The van der Waals surface area contributed by atoms with Crippen molar-refractivity contribution in [3.05, 3.63) is 55.7 Å². The van der Waals surface area contributed by atoms with Crippen LogP contribution in [0.3, 0.4) is 0 Å². The Labute approximate surface area is 167 Å². The zero-order chi connectivity index (χ0) is 19.8. The van der Waals surface area contributed by atoms with E-state index in [2.05, 4.69) is 10.2 Å². The lowest BCUT2D eigenvalue weighted by atomic mass is 10.2. The maximum atomic E-state index is 13.0. The smallest absolute Gasteiger partial charge is 0.332 e. The minimum atomic E-state index is -0.385. The highest BCUT2D eigenvalue weighted by Gasteiger charge is 2.23. The summed E-state index contributed by atoms with van der Waals surface area (Å²) in [6.45, 7) is 3.80. The van der Waals surface area contributed by atoms with Crippen molar-refractivity contribution in [3.63, 3.8) is 0 Å². The van der Waals surface area contributed by atoms with Gasteiger partial charge in [0.05, 0.1) is 6.54 Å². The van der Waals surface area contributed by atoms with E-state index in [1.165, 1.54) is 11.6 Å². The van der Waals surface area contributed by atoms with Gasteiger partial charge in [-0.25, -0.2) is 4.79 Å². The molecule has 1 saturated heterocycles. The number of aromatic nitrogens is 4. The monoisotopic (exact) mass is 402 g/mol. The molecule has 9 heteroatoms. The first kappa shape index (κ1) is 18.8. The van der Waals surface area contributed by atoms with Gasteiger partial charge in [-0.1, -0.05) is 29.8 Å². The average molecular weight is 403 g/mol. The molecule has 3 aromatic rings. The molecule has 28 heavy (non-hydrogen) atoms. The van der Waals surface area contributed by atoms with E-state index >= 15 is 0 Å². The summed E-state index contributed by atoms with van der Waals surface area (Å²) >= 11 is 6.39. The molecule has 1 aliphatic heterocycles. The molecule has 148 valence electrons. The highest BCUT2D eigenvalue weighted by atomic mass is 35.5. The topological polar surface area (TPSA) is 77.1 Å². The van der Waals surface area contributed by atoms with Gasteiger partial charge in [0.15, 0.2) is 11.2 Å². The third-order valence-electron chi connectivity index (χ3n) is 5.24. The number of halogens is 1. The molecule has 2 aromatic heterocycles. The van der Waals surface area contributed by atoms with Crippen molar-refractivity contribution in [3.8, 4) is 0 Å². The van der Waals surface area contributed by atoms with Gasteiger partial charge >= 0.3 is 5.69 Å². The van der Waals surface area contributed by atoms with Crippen LogP contribution in [0.15, 0.2) is 33.9 Å². The zero-order valence-electron chi connectivity index (χ0n) is 16.0. The van der Waals surface area contributed by atoms with E-state index in [9.17, 15) is 9.59 Å². The molecule has 0 aliphatic carbocycles. The summed E-state index contributed by atoms with van der Waals surface area (Å²) in [5, 5.41) is 4.01. The third kappa shape index (κ3) is 3.12. The average Bonchev–Trinajstić information content (AvgIpc) is 2.87. The van der Waals surface area contributed by atoms with Gasteiger partial charge in [-0.3, -0.25) is 18.5 Å². The van der Waals surface area contributed by atoms with Gasteiger partial charge in [0.2, 0.25) is 5.95 Å². The van der Waals surface area contributed by atoms with E-state index in [1.807, 2.05) is 28.8 Å². The van der Waals surface area contributed by atoms with E-state index in [1.54, 1.807) is 7.05 Å². The number of benzene rings is 1. The number of anilines is 1. The molecule has 0 spiro atoms. The minimum absolute atomic E-state index is 0.350. The molecule has 0 unspecified atom stereocenters. The highest BCUT2D eigenvalue weighted by molar-refractivity contribution is 6.31. The van der Waals surface area contributed by atoms with Gasteiger partial charge in [-0.2, -0.15) is 4.98 Å². The molecule has 1 aromatic carbocycles. The quantitative estimate of drug-likeness (QED) is 0.705. The summed E-state index contributed by atoms with van der Waals surface area (Å²) in [6.07, 6.45) is 0.978. The first-order valence-electron chi connectivity index (χ1n) is 9.34. The van der Waals surface area contributed by atoms with Crippen LogP contribution in [-0.2, 0) is 20.6 Å². The fourth-order valence-corrected chi connectivity index (χ4v) is 3.86. The van der Waals surface area contributed by atoms with Crippen molar-refractivity contribution >= 4 is 28.7 Å². The molecule has 1 N–H and O–H groups in total. The van der Waals surface area contributed by atoms with Crippen LogP contribution in [0.2, 0.25) is 5.02 Å². The van der Waals surface area contributed by atoms with E-state index in [4.69, 9.17) is 16.6 Å². The lowest BCUT2D eigenvalue weighted by Crippen LogP contribution is -2.37. The maximum absolute atomic E-state index is 13.0. The lowest BCUT2D eigenvalue weighted by Gasteiger charge is -2.22. The predicted octanol–water partition coefficient (Wildman–Crippen LogP) is 0.935. The van der Waals surface area contributed by atoms with Crippen molar-refractivity contribution in [1.82, 2.24) is 24.0 Å². The second kappa shape index (κ2) is 7.44. The van der Waals surface area contributed by atoms with Crippen LogP contribution in [0.4, 0.5) is 5.95 Å². The molecular formula is C19H23ClN6O2. The molecule has 0 saturated carbocycles. The van der Waals surface area contributed by atoms with Crippen molar-refractivity contribution in [1.29, 1.82) is 0 Å². The van der Waals surface area contributed by atoms with Gasteiger partial charge in [0.1, 0.15) is 0 Å². The van der Waals surface area contributed by atoms with E-state index in [-0.39, 0.29) is 11.2 Å². The number of aryl methyl sites for hydroxylation is 1. The molecule has 1 aliphatic rings. The Bertz CT molecular complexity index is 1140. The summed E-state index contributed by atoms with van der Waals surface area (Å²) in [7, 11) is 3.14. The summed E-state index contributed by atoms with van der Waals surface area (Å²) < 4.78 is 4.45. The van der Waals surface area contributed by atoms with Crippen molar-refractivity contribution in [2.75, 3.05) is 31.1 Å². The first-order chi connectivity index (χ1) is 13.5. The second-order valence-corrected chi connectivity index (χ2v) is 7.47. The van der Waals surface area contributed by atoms with Crippen LogP contribution in [0.1, 0.15) is 12.0 Å². The van der Waals surface area contributed by atoms with E-state index < -0.39 is 0 Å². The molecule has 0 bridgehead atoms. The largest absolute Gasteiger partial charge is 0.341 e. The molecular weight excluding hydrogens is 380 g/mol. The number of imidazole rings is 1. The standard InChI is InChI=1S/C19H23ClN6O2/c1-23-16-15(17(27)24(2)19(23)28)26(12-13-6-3-4-7-14(13)20)18(22-16)25-10-5-8-21-9-11-25/h3-4,6-7,21H,5,8-12H2,1-2H3. The van der Waals surface area contributed by atoms with Crippen LogP contribution in [-0.4, -0.2) is 44.9 Å². The van der Waals surface area contributed by atoms with Gasteiger partial charge in [0, 0.05) is 38.8 Å². The molecule has 4 rings (SSSR count). The Hall–Kier alpha value is -2.58. The SMILES string of the molecule is Cn1c(=O)c2c(nc(N3CCCNCC3)n2Cc2ccccc2Cl)n(C)c1=O. The Morgan fingerprint density at radius 1 is 1.11 bits per heavy atom. The number of rotatable bonds is 3. The summed E-state index contributed by atoms with van der Waals surface area (Å²) in [6, 6.07) is 7.57. The number of hydrogen-bond donors (Lipinski definition) is 1. The van der Waals surface area contributed by atoms with E-state index in [0.717, 1.165) is 42.7 Å². The fourth-order valence-electron chi connectivity index (χ4n) is 3.67. The van der Waals surface area contributed by atoms with Crippen molar-refractivity contribution < 1.29 is 0 Å². The molecule has 0 amide bonds. The van der Waals surface area contributed by atoms with Crippen LogP contribution in [0, 0.1) is 0 Å². The summed E-state index contributed by atoms with van der Waals surface area (Å²) in [5.74, 6) is 0.692. The Kier molecular flexibility index (Phi) is 4.99. The van der Waals surface area contributed by atoms with Crippen LogP contribution in [0.25, 0.3) is 11.2 Å². The van der Waals surface area contributed by atoms with Crippen molar-refractivity contribution in [2.45, 2.75) is 13.0 Å². The van der Waals surface area contributed by atoms with Crippen LogP contribution >= 0.6 is 11.6 Å². The Balaban J connectivity index is 1.98. The van der Waals surface area contributed by atoms with Gasteiger partial charge in [0.25, 0.3) is 5.56 Å². The Morgan fingerprint density at radius 3 is 2.68 bits per heavy atom. The molecule has 1 fully saturated rings. The number of nitrogens with one attached hydrogen (secondary N) is 1. The van der Waals surface area contributed by atoms with Gasteiger partial charge in [-0.15, -0.1) is 0 Å². The molecule has 0 atom stereocenters. The third-order valence-corrected chi connectivity index (χ3v) is 5.61. The lowest BCUT2D eigenvalue weighted by molar-refractivity contribution is 0.699. The van der Waals surface area contributed by atoms with Crippen LogP contribution < -0.4 is 21.5 Å². The second-order valence-electron chi connectivity index (χ2n) is 7.06. The number of hydrogen-bond acceptors (Lipinski definition) is 5. The molecule has 8 nitrogen and oxygen atoms in total. The normalized spacial score (nSPS) is 15.2. The molecule has 0 radical (unpaired) electrons.